The average Bonchev–Trinajstić information content (AvgIpc) is 2.93. The lowest BCUT2D eigenvalue weighted by atomic mass is 10.3. The van der Waals surface area contributed by atoms with Crippen molar-refractivity contribution in [2.45, 2.75) is 20.0 Å². The molecule has 1 aromatic heterocycles. The maximum Gasteiger partial charge on any atom is 0.119 e. The molecule has 20 heavy (non-hydrogen) atoms. The molecule has 0 aliphatic carbocycles. The van der Waals surface area contributed by atoms with Crippen LogP contribution in [0.3, 0.4) is 0 Å². The van der Waals surface area contributed by atoms with Crippen LogP contribution in [0.5, 0.6) is 11.5 Å². The Kier molecular flexibility index (Phi) is 5.50. The summed E-state index contributed by atoms with van der Waals surface area (Å²) in [5.41, 5.74) is 1.28. The van der Waals surface area contributed by atoms with E-state index in [1.807, 2.05) is 24.3 Å². The number of benzene rings is 1. The molecule has 0 atom stereocenters. The van der Waals surface area contributed by atoms with Gasteiger partial charge in [0.05, 0.1) is 13.7 Å². The zero-order chi connectivity index (χ0) is 14.2. The first-order valence-corrected chi connectivity index (χ1v) is 6.95. The molecule has 2 aromatic rings. The van der Waals surface area contributed by atoms with Gasteiger partial charge in [-0.1, -0.05) is 6.92 Å². The number of nitrogens with one attached hydrogen (secondary N) is 1. The number of aromatic nitrogens is 1. The Morgan fingerprint density at radius 1 is 1.10 bits per heavy atom. The molecule has 1 N–H and O–H groups in total. The third-order valence-corrected chi connectivity index (χ3v) is 3.14. The second kappa shape index (κ2) is 7.60. The Bertz CT molecular complexity index is 505. The fourth-order valence-corrected chi connectivity index (χ4v) is 2.01. The Balaban J connectivity index is 1.81. The number of ether oxygens (including phenoxy) is 2. The summed E-state index contributed by atoms with van der Waals surface area (Å²) >= 11 is 0. The van der Waals surface area contributed by atoms with E-state index in [-0.39, 0.29) is 0 Å². The van der Waals surface area contributed by atoms with Crippen molar-refractivity contribution in [3.8, 4) is 11.5 Å². The minimum Gasteiger partial charge on any atom is -0.497 e. The van der Waals surface area contributed by atoms with E-state index in [1.54, 1.807) is 7.11 Å². The van der Waals surface area contributed by atoms with E-state index in [4.69, 9.17) is 9.47 Å². The first-order valence-electron chi connectivity index (χ1n) is 6.95. The van der Waals surface area contributed by atoms with Gasteiger partial charge in [0.1, 0.15) is 18.1 Å². The number of hydrogen-bond donors (Lipinski definition) is 1. The summed E-state index contributed by atoms with van der Waals surface area (Å²) in [5, 5.41) is 3.34. The van der Waals surface area contributed by atoms with Gasteiger partial charge in [-0.05, 0) is 42.9 Å². The van der Waals surface area contributed by atoms with Gasteiger partial charge in [-0.3, -0.25) is 0 Å². The predicted octanol–water partition coefficient (Wildman–Crippen LogP) is 2.69. The summed E-state index contributed by atoms with van der Waals surface area (Å²) in [4.78, 5) is 0. The molecular formula is C16H22N2O2. The van der Waals surface area contributed by atoms with Crippen LogP contribution in [-0.4, -0.2) is 24.8 Å². The van der Waals surface area contributed by atoms with Crippen molar-refractivity contribution in [1.29, 1.82) is 0 Å². The summed E-state index contributed by atoms with van der Waals surface area (Å²) < 4.78 is 13.1. The Morgan fingerprint density at radius 2 is 1.85 bits per heavy atom. The average molecular weight is 274 g/mol. The van der Waals surface area contributed by atoms with Gasteiger partial charge < -0.3 is 19.4 Å². The van der Waals surface area contributed by atoms with E-state index in [9.17, 15) is 0 Å². The summed E-state index contributed by atoms with van der Waals surface area (Å²) in [5.74, 6) is 1.71. The molecule has 0 fully saturated rings. The first kappa shape index (κ1) is 14.5. The zero-order valence-corrected chi connectivity index (χ0v) is 12.1. The number of methoxy groups -OCH3 is 1. The topological polar surface area (TPSA) is 35.4 Å². The van der Waals surface area contributed by atoms with Crippen molar-refractivity contribution in [3.63, 3.8) is 0 Å². The van der Waals surface area contributed by atoms with Crippen LogP contribution < -0.4 is 14.8 Å². The quantitative estimate of drug-likeness (QED) is 0.804. The van der Waals surface area contributed by atoms with E-state index in [1.165, 1.54) is 5.69 Å². The van der Waals surface area contributed by atoms with Gasteiger partial charge in [0.25, 0.3) is 0 Å². The van der Waals surface area contributed by atoms with Crippen LogP contribution >= 0.6 is 0 Å². The minimum absolute atomic E-state index is 0.653. The van der Waals surface area contributed by atoms with Gasteiger partial charge >= 0.3 is 0 Å². The molecule has 0 aliphatic heterocycles. The minimum atomic E-state index is 0.653. The second-order valence-electron chi connectivity index (χ2n) is 4.50. The van der Waals surface area contributed by atoms with Crippen molar-refractivity contribution in [2.75, 3.05) is 20.3 Å². The third-order valence-electron chi connectivity index (χ3n) is 3.14. The lowest BCUT2D eigenvalue weighted by Crippen LogP contribution is -2.17. The number of hydrogen-bond acceptors (Lipinski definition) is 3. The van der Waals surface area contributed by atoms with E-state index >= 15 is 0 Å². The number of nitrogens with zero attached hydrogens (tertiary/aromatic N) is 1. The van der Waals surface area contributed by atoms with E-state index in [0.29, 0.717) is 6.61 Å². The highest BCUT2D eigenvalue weighted by Gasteiger charge is 2.01. The molecule has 4 nitrogen and oxygen atoms in total. The summed E-state index contributed by atoms with van der Waals surface area (Å²) in [6, 6.07) is 11.9. The van der Waals surface area contributed by atoms with Gasteiger partial charge in [0, 0.05) is 18.4 Å². The molecule has 1 aromatic carbocycles. The van der Waals surface area contributed by atoms with E-state index in [0.717, 1.165) is 31.1 Å². The fraction of sp³-hybridized carbons (Fsp3) is 0.375. The smallest absolute Gasteiger partial charge is 0.119 e. The van der Waals surface area contributed by atoms with Crippen LogP contribution in [-0.2, 0) is 13.1 Å². The highest BCUT2D eigenvalue weighted by atomic mass is 16.5. The molecule has 0 unspecified atom stereocenters. The molecule has 4 heteroatoms. The normalized spacial score (nSPS) is 10.5. The maximum atomic E-state index is 5.74. The van der Waals surface area contributed by atoms with E-state index < -0.39 is 0 Å². The molecule has 108 valence electrons. The molecule has 0 radical (unpaired) electrons. The van der Waals surface area contributed by atoms with Crippen LogP contribution in [0.2, 0.25) is 0 Å². The summed E-state index contributed by atoms with van der Waals surface area (Å²) in [6.07, 6.45) is 2.09. The van der Waals surface area contributed by atoms with E-state index in [2.05, 4.69) is 35.1 Å². The van der Waals surface area contributed by atoms with Crippen LogP contribution in [0.1, 0.15) is 12.6 Å². The predicted molar refractivity (Wildman–Crippen MR) is 80.3 cm³/mol. The van der Waals surface area contributed by atoms with Crippen LogP contribution in [0.15, 0.2) is 42.6 Å². The van der Waals surface area contributed by atoms with Crippen molar-refractivity contribution >= 4 is 0 Å². The molecule has 2 rings (SSSR count). The lowest BCUT2D eigenvalue weighted by Gasteiger charge is -2.11. The van der Waals surface area contributed by atoms with Crippen LogP contribution in [0.25, 0.3) is 0 Å². The van der Waals surface area contributed by atoms with Crippen molar-refractivity contribution in [3.05, 3.63) is 48.3 Å². The Labute approximate surface area is 120 Å². The molecular weight excluding hydrogens is 252 g/mol. The van der Waals surface area contributed by atoms with Crippen LogP contribution in [0, 0.1) is 0 Å². The Morgan fingerprint density at radius 3 is 2.55 bits per heavy atom. The van der Waals surface area contributed by atoms with Gasteiger partial charge in [0.15, 0.2) is 0 Å². The molecule has 0 saturated heterocycles. The molecule has 0 saturated carbocycles. The maximum absolute atomic E-state index is 5.74. The molecule has 0 bridgehead atoms. The lowest BCUT2D eigenvalue weighted by molar-refractivity contribution is 0.296. The van der Waals surface area contributed by atoms with Gasteiger partial charge in [-0.15, -0.1) is 0 Å². The largest absolute Gasteiger partial charge is 0.497 e. The van der Waals surface area contributed by atoms with Gasteiger partial charge in [-0.2, -0.15) is 0 Å². The highest BCUT2D eigenvalue weighted by Crippen LogP contribution is 2.17. The monoisotopic (exact) mass is 274 g/mol. The zero-order valence-electron chi connectivity index (χ0n) is 12.1. The van der Waals surface area contributed by atoms with Crippen LogP contribution in [0.4, 0.5) is 0 Å². The summed E-state index contributed by atoms with van der Waals surface area (Å²) in [7, 11) is 1.66. The fourth-order valence-electron chi connectivity index (χ4n) is 2.01. The first-order chi connectivity index (χ1) is 9.83. The van der Waals surface area contributed by atoms with Gasteiger partial charge in [0.2, 0.25) is 0 Å². The molecule has 0 amide bonds. The number of rotatable bonds is 8. The van der Waals surface area contributed by atoms with Crippen molar-refractivity contribution in [1.82, 2.24) is 9.88 Å². The Hall–Kier alpha value is -1.94. The molecule has 0 spiro atoms. The highest BCUT2D eigenvalue weighted by molar-refractivity contribution is 5.31. The second-order valence-corrected chi connectivity index (χ2v) is 4.50. The molecule has 0 aliphatic rings. The summed E-state index contributed by atoms with van der Waals surface area (Å²) in [6.45, 7) is 5.49. The van der Waals surface area contributed by atoms with Gasteiger partial charge in [-0.25, -0.2) is 0 Å². The SMILES string of the molecule is CCNCc1cccn1CCOc1ccc(OC)cc1. The van der Waals surface area contributed by atoms with Crippen molar-refractivity contribution in [2.24, 2.45) is 0 Å². The molecule has 1 heterocycles. The standard InChI is InChI=1S/C16H22N2O2/c1-3-17-13-14-5-4-10-18(14)11-12-20-16-8-6-15(19-2)7-9-16/h4-10,17H,3,11-13H2,1-2H3. The van der Waals surface area contributed by atoms with Crippen molar-refractivity contribution < 1.29 is 9.47 Å². The third kappa shape index (κ3) is 4.03.